The normalized spacial score (nSPS) is 12.2. The molecular formula is C11H9F7N2OS. The molecule has 0 aliphatic rings. The number of alkyl halides is 6. The van der Waals surface area contributed by atoms with Gasteiger partial charge in [0.1, 0.15) is 12.4 Å². The van der Waals surface area contributed by atoms with Crippen LogP contribution in [0, 0.1) is 5.82 Å². The quantitative estimate of drug-likeness (QED) is 0.656. The van der Waals surface area contributed by atoms with Crippen LogP contribution in [0.15, 0.2) is 23.1 Å². The lowest BCUT2D eigenvalue weighted by Gasteiger charge is -2.19. The summed E-state index contributed by atoms with van der Waals surface area (Å²) in [5, 5.41) is 1.51. The van der Waals surface area contributed by atoms with Crippen molar-refractivity contribution in [3.63, 3.8) is 0 Å². The van der Waals surface area contributed by atoms with E-state index in [0.29, 0.717) is 11.0 Å². The van der Waals surface area contributed by atoms with Gasteiger partial charge in [-0.15, -0.1) is 0 Å². The number of rotatable bonds is 3. The summed E-state index contributed by atoms with van der Waals surface area (Å²) in [5.41, 5.74) is -5.06. The first kappa shape index (κ1) is 18.4. The summed E-state index contributed by atoms with van der Waals surface area (Å²) in [6, 6.07) is 1.08. The van der Waals surface area contributed by atoms with Crippen LogP contribution in [0.25, 0.3) is 0 Å². The third-order valence-electron chi connectivity index (χ3n) is 2.26. The number of carbonyl (C=O) groups excluding carboxylic acids is 1. The van der Waals surface area contributed by atoms with Crippen LogP contribution < -0.4 is 10.2 Å². The van der Waals surface area contributed by atoms with Crippen molar-refractivity contribution in [2.24, 2.45) is 0 Å². The second kappa shape index (κ2) is 6.63. The number of halogens is 7. The molecule has 11 heteroatoms. The van der Waals surface area contributed by atoms with Crippen molar-refractivity contribution >= 4 is 23.5 Å². The topological polar surface area (TPSA) is 32.3 Å². The molecule has 3 nitrogen and oxygen atoms in total. The van der Waals surface area contributed by atoms with E-state index in [1.165, 1.54) is 5.32 Å². The van der Waals surface area contributed by atoms with Gasteiger partial charge in [0.05, 0.1) is 5.69 Å². The van der Waals surface area contributed by atoms with Gasteiger partial charge in [-0.05, 0) is 30.0 Å². The number of nitrogens with zero attached hydrogens (tertiary/aromatic N) is 1. The molecule has 1 N–H and O–H groups in total. The number of hydrogen-bond acceptors (Lipinski definition) is 2. The van der Waals surface area contributed by atoms with Gasteiger partial charge in [0.2, 0.25) is 0 Å². The van der Waals surface area contributed by atoms with Crippen LogP contribution in [0.2, 0.25) is 0 Å². The fourth-order valence-electron chi connectivity index (χ4n) is 1.36. The second-order valence-corrected chi connectivity index (χ2v) is 5.13. The summed E-state index contributed by atoms with van der Waals surface area (Å²) in [6.07, 6.45) is -4.64. The van der Waals surface area contributed by atoms with Crippen LogP contribution in [-0.2, 0) is 0 Å². The van der Waals surface area contributed by atoms with Crippen LogP contribution in [0.1, 0.15) is 0 Å². The average Bonchev–Trinajstić information content (AvgIpc) is 2.32. The Labute approximate surface area is 124 Å². The Morgan fingerprint density at radius 2 is 1.82 bits per heavy atom. The van der Waals surface area contributed by atoms with E-state index in [2.05, 4.69) is 0 Å². The fraction of sp³-hybridized carbons (Fsp3) is 0.364. The minimum Gasteiger partial charge on any atom is -0.329 e. The monoisotopic (exact) mass is 350 g/mol. The van der Waals surface area contributed by atoms with Crippen molar-refractivity contribution in [1.82, 2.24) is 5.32 Å². The maximum absolute atomic E-state index is 13.7. The van der Waals surface area contributed by atoms with E-state index in [1.54, 1.807) is 0 Å². The molecule has 0 saturated heterocycles. The number of thioether (sulfide) groups is 1. The molecule has 0 aliphatic carbocycles. The molecule has 0 unspecified atom stereocenters. The number of hydrogen-bond donors (Lipinski definition) is 1. The zero-order valence-corrected chi connectivity index (χ0v) is 11.7. The molecule has 0 spiro atoms. The van der Waals surface area contributed by atoms with E-state index < -0.39 is 52.4 Å². The molecule has 1 rings (SSSR count). The number of carbonyl (C=O) groups is 1. The highest BCUT2D eigenvalue weighted by Gasteiger charge is 2.30. The highest BCUT2D eigenvalue weighted by atomic mass is 32.2. The van der Waals surface area contributed by atoms with Gasteiger partial charge < -0.3 is 5.32 Å². The van der Waals surface area contributed by atoms with Crippen molar-refractivity contribution in [3.8, 4) is 0 Å². The van der Waals surface area contributed by atoms with Gasteiger partial charge in [-0.25, -0.2) is 9.18 Å². The van der Waals surface area contributed by atoms with Gasteiger partial charge in [-0.3, -0.25) is 4.90 Å². The van der Waals surface area contributed by atoms with Crippen molar-refractivity contribution in [2.45, 2.75) is 16.6 Å². The van der Waals surface area contributed by atoms with Crippen LogP contribution in [0.3, 0.4) is 0 Å². The zero-order chi connectivity index (χ0) is 17.1. The minimum absolute atomic E-state index is 0.446. The molecule has 0 bridgehead atoms. The van der Waals surface area contributed by atoms with Gasteiger partial charge in [-0.2, -0.15) is 26.3 Å². The Morgan fingerprint density at radius 3 is 2.27 bits per heavy atom. The predicted molar refractivity (Wildman–Crippen MR) is 66.2 cm³/mol. The van der Waals surface area contributed by atoms with E-state index in [9.17, 15) is 35.5 Å². The molecule has 0 atom stereocenters. The van der Waals surface area contributed by atoms with Gasteiger partial charge in [0, 0.05) is 11.9 Å². The van der Waals surface area contributed by atoms with Gasteiger partial charge in [0.15, 0.2) is 0 Å². The molecule has 0 heterocycles. The van der Waals surface area contributed by atoms with Crippen LogP contribution in [0.4, 0.5) is 41.2 Å². The number of benzene rings is 1. The number of urea groups is 1. The Bertz CT molecular complexity index is 544. The van der Waals surface area contributed by atoms with Crippen molar-refractivity contribution in [3.05, 3.63) is 24.0 Å². The SMILES string of the molecule is CN(C(=O)NCC(F)(F)F)c1ccc(SC(F)(F)F)cc1F. The Balaban J connectivity index is 2.82. The average molecular weight is 350 g/mol. The Kier molecular flexibility index (Phi) is 5.54. The molecule has 2 amide bonds. The van der Waals surface area contributed by atoms with Gasteiger partial charge >= 0.3 is 17.7 Å². The first-order valence-corrected chi connectivity index (χ1v) is 6.34. The third kappa shape index (κ3) is 6.00. The molecule has 0 saturated carbocycles. The van der Waals surface area contributed by atoms with Crippen LogP contribution in [0.5, 0.6) is 0 Å². The Morgan fingerprint density at radius 1 is 1.23 bits per heavy atom. The molecular weight excluding hydrogens is 341 g/mol. The molecule has 0 aliphatic heterocycles. The van der Waals surface area contributed by atoms with E-state index in [-0.39, 0.29) is 0 Å². The lowest BCUT2D eigenvalue weighted by Crippen LogP contribution is -2.42. The molecule has 0 fully saturated rings. The molecule has 0 aromatic heterocycles. The molecule has 1 aromatic rings. The van der Waals surface area contributed by atoms with Crippen molar-refractivity contribution in [2.75, 3.05) is 18.5 Å². The number of anilines is 1. The van der Waals surface area contributed by atoms with E-state index >= 15 is 0 Å². The van der Waals surface area contributed by atoms with Crippen molar-refractivity contribution in [1.29, 1.82) is 0 Å². The summed E-state index contributed by atoms with van der Waals surface area (Å²) in [4.78, 5) is 11.5. The van der Waals surface area contributed by atoms with E-state index in [1.807, 2.05) is 0 Å². The second-order valence-electron chi connectivity index (χ2n) is 3.99. The lowest BCUT2D eigenvalue weighted by molar-refractivity contribution is -0.122. The maximum Gasteiger partial charge on any atom is 0.446 e. The molecule has 22 heavy (non-hydrogen) atoms. The van der Waals surface area contributed by atoms with Gasteiger partial charge in [0.25, 0.3) is 0 Å². The minimum atomic E-state index is -4.64. The lowest BCUT2D eigenvalue weighted by atomic mass is 10.3. The first-order chi connectivity index (χ1) is 9.89. The summed E-state index contributed by atoms with van der Waals surface area (Å²) in [5.74, 6) is -1.17. The number of nitrogens with one attached hydrogen (secondary N) is 1. The summed E-state index contributed by atoms with van der Waals surface area (Å²) in [6.45, 7) is -1.61. The molecule has 1 aromatic carbocycles. The van der Waals surface area contributed by atoms with Crippen molar-refractivity contribution < 1.29 is 35.5 Å². The fourth-order valence-corrected chi connectivity index (χ4v) is 1.93. The summed E-state index contributed by atoms with van der Waals surface area (Å²) in [7, 11) is 0.987. The maximum atomic E-state index is 13.7. The highest BCUT2D eigenvalue weighted by molar-refractivity contribution is 8.00. The molecule has 0 radical (unpaired) electrons. The highest BCUT2D eigenvalue weighted by Crippen LogP contribution is 2.38. The number of amides is 2. The smallest absolute Gasteiger partial charge is 0.329 e. The van der Waals surface area contributed by atoms with E-state index in [0.717, 1.165) is 19.2 Å². The van der Waals surface area contributed by atoms with Crippen LogP contribution in [-0.4, -0.2) is 31.3 Å². The largest absolute Gasteiger partial charge is 0.446 e. The summed E-state index contributed by atoms with van der Waals surface area (Å²) < 4.78 is 85.9. The first-order valence-electron chi connectivity index (χ1n) is 5.52. The standard InChI is InChI=1S/C11H9F7N2OS/c1-20(9(21)19-5-10(13,14)15)8-3-2-6(4-7(8)12)22-11(16,17)18/h2-4H,5H2,1H3,(H,19,21). The third-order valence-corrected chi connectivity index (χ3v) is 2.98. The van der Waals surface area contributed by atoms with Crippen LogP contribution >= 0.6 is 11.8 Å². The predicted octanol–water partition coefficient (Wildman–Crippen LogP) is 4.15. The summed E-state index contributed by atoms with van der Waals surface area (Å²) >= 11 is -0.550. The zero-order valence-electron chi connectivity index (χ0n) is 10.8. The molecule has 124 valence electrons. The van der Waals surface area contributed by atoms with Gasteiger partial charge in [-0.1, -0.05) is 0 Å². The van der Waals surface area contributed by atoms with E-state index in [4.69, 9.17) is 0 Å². The Hall–Kier alpha value is -1.65.